The van der Waals surface area contributed by atoms with Gasteiger partial charge >= 0.3 is 6.03 Å². The van der Waals surface area contributed by atoms with Gasteiger partial charge in [-0.3, -0.25) is 0 Å². The van der Waals surface area contributed by atoms with Crippen LogP contribution in [0, 0.1) is 23.4 Å². The van der Waals surface area contributed by atoms with E-state index in [1.165, 1.54) is 18.2 Å². The highest BCUT2D eigenvalue weighted by Crippen LogP contribution is 2.48. The number of carbonyl (C=O) groups excluding carboxylic acids is 1. The van der Waals surface area contributed by atoms with Crippen LogP contribution in [0.2, 0.25) is 0 Å². The highest BCUT2D eigenvalue weighted by atomic mass is 19.1. The number of urea groups is 1. The quantitative estimate of drug-likeness (QED) is 0.421. The van der Waals surface area contributed by atoms with Crippen LogP contribution < -0.4 is 10.6 Å². The standard InChI is InChI=1S/C24H26F3N3O2/c1-2-18(12-31)29-24(32)28-11-13-7-15(8-13)21-19-9-17(26)10-20(27)23(19)30-22(21)14-3-5-16(25)6-4-14/h3-6,9-10,13,15,18,30-31H,2,7-8,11-12H2,1H3,(H2,28,29,32)/t13?,15?,18-/m0/s1. The van der Waals surface area contributed by atoms with Crippen LogP contribution in [0.3, 0.4) is 0 Å². The number of hydrogen-bond acceptors (Lipinski definition) is 2. The fourth-order valence-corrected chi connectivity index (χ4v) is 4.40. The molecule has 32 heavy (non-hydrogen) atoms. The molecular formula is C24H26F3N3O2. The van der Waals surface area contributed by atoms with Crippen LogP contribution in [0.25, 0.3) is 22.2 Å². The minimum Gasteiger partial charge on any atom is -0.394 e. The van der Waals surface area contributed by atoms with Gasteiger partial charge in [-0.2, -0.15) is 0 Å². The van der Waals surface area contributed by atoms with E-state index in [0.29, 0.717) is 29.6 Å². The number of benzene rings is 2. The van der Waals surface area contributed by atoms with Gasteiger partial charge < -0.3 is 20.7 Å². The first-order valence-corrected chi connectivity index (χ1v) is 10.8. The molecule has 1 heterocycles. The maximum absolute atomic E-state index is 14.5. The lowest BCUT2D eigenvalue weighted by atomic mass is 9.70. The summed E-state index contributed by atoms with van der Waals surface area (Å²) >= 11 is 0. The molecule has 2 amide bonds. The monoisotopic (exact) mass is 445 g/mol. The number of nitrogens with one attached hydrogen (secondary N) is 3. The van der Waals surface area contributed by atoms with Gasteiger partial charge in [0.2, 0.25) is 0 Å². The van der Waals surface area contributed by atoms with Crippen molar-refractivity contribution in [3.05, 3.63) is 59.4 Å². The molecule has 1 aliphatic carbocycles. The lowest BCUT2D eigenvalue weighted by Gasteiger charge is -2.36. The molecule has 1 atom stereocenters. The van der Waals surface area contributed by atoms with E-state index in [0.717, 1.165) is 24.5 Å². The maximum atomic E-state index is 14.5. The Labute approximate surface area is 184 Å². The number of fused-ring (bicyclic) bond motifs is 1. The van der Waals surface area contributed by atoms with E-state index in [2.05, 4.69) is 15.6 Å². The molecule has 1 aromatic heterocycles. The van der Waals surface area contributed by atoms with Gasteiger partial charge in [0.15, 0.2) is 0 Å². The summed E-state index contributed by atoms with van der Waals surface area (Å²) in [5.74, 6) is -1.41. The fourth-order valence-electron chi connectivity index (χ4n) is 4.40. The first kappa shape index (κ1) is 22.2. The van der Waals surface area contributed by atoms with Crippen molar-refractivity contribution in [1.82, 2.24) is 15.6 Å². The summed E-state index contributed by atoms with van der Waals surface area (Å²) in [6.45, 7) is 2.24. The Balaban J connectivity index is 1.52. The number of rotatable bonds is 7. The predicted molar refractivity (Wildman–Crippen MR) is 117 cm³/mol. The summed E-state index contributed by atoms with van der Waals surface area (Å²) in [5.41, 5.74) is 2.41. The first-order valence-electron chi connectivity index (χ1n) is 10.8. The van der Waals surface area contributed by atoms with Gasteiger partial charge in [-0.1, -0.05) is 6.92 Å². The molecule has 4 N–H and O–H groups in total. The number of aromatic amines is 1. The second-order valence-electron chi connectivity index (χ2n) is 8.41. The number of aliphatic hydroxyl groups is 1. The van der Waals surface area contributed by atoms with Crippen molar-refractivity contribution in [3.63, 3.8) is 0 Å². The average Bonchev–Trinajstić information content (AvgIpc) is 3.10. The summed E-state index contributed by atoms with van der Waals surface area (Å²) in [6, 6.07) is 7.48. The van der Waals surface area contributed by atoms with E-state index < -0.39 is 11.6 Å². The van der Waals surface area contributed by atoms with Crippen molar-refractivity contribution in [2.45, 2.75) is 38.1 Å². The average molecular weight is 445 g/mol. The molecule has 0 spiro atoms. The van der Waals surface area contributed by atoms with E-state index in [9.17, 15) is 23.1 Å². The Bertz CT molecular complexity index is 1100. The minimum absolute atomic E-state index is 0.0562. The maximum Gasteiger partial charge on any atom is 0.315 e. The molecule has 0 bridgehead atoms. The summed E-state index contributed by atoms with van der Waals surface area (Å²) in [7, 11) is 0. The zero-order valence-corrected chi connectivity index (χ0v) is 17.7. The van der Waals surface area contributed by atoms with E-state index in [4.69, 9.17) is 0 Å². The molecule has 170 valence electrons. The topological polar surface area (TPSA) is 77.2 Å². The third kappa shape index (κ3) is 4.46. The van der Waals surface area contributed by atoms with Crippen LogP contribution in [-0.2, 0) is 0 Å². The van der Waals surface area contributed by atoms with Crippen LogP contribution in [0.15, 0.2) is 36.4 Å². The van der Waals surface area contributed by atoms with Gasteiger partial charge in [-0.25, -0.2) is 18.0 Å². The van der Waals surface area contributed by atoms with Gasteiger partial charge in [0.05, 0.1) is 23.9 Å². The van der Waals surface area contributed by atoms with Crippen molar-refractivity contribution in [3.8, 4) is 11.3 Å². The van der Waals surface area contributed by atoms with Crippen LogP contribution in [-0.4, -0.2) is 35.3 Å². The lowest BCUT2D eigenvalue weighted by Crippen LogP contribution is -2.46. The fraction of sp³-hybridized carbons (Fsp3) is 0.375. The zero-order chi connectivity index (χ0) is 22.8. The molecule has 3 aromatic rings. The molecule has 8 heteroatoms. The number of aliphatic hydroxyl groups excluding tert-OH is 1. The lowest BCUT2D eigenvalue weighted by molar-refractivity contribution is 0.206. The summed E-state index contributed by atoms with van der Waals surface area (Å²) < 4.78 is 41.9. The Morgan fingerprint density at radius 1 is 1.16 bits per heavy atom. The number of halogens is 3. The summed E-state index contributed by atoms with van der Waals surface area (Å²) in [4.78, 5) is 15.1. The number of hydrogen-bond donors (Lipinski definition) is 4. The molecule has 1 aliphatic rings. The molecule has 2 aromatic carbocycles. The smallest absolute Gasteiger partial charge is 0.315 e. The van der Waals surface area contributed by atoms with Crippen molar-refractivity contribution in [2.75, 3.05) is 13.2 Å². The molecular weight excluding hydrogens is 419 g/mol. The Morgan fingerprint density at radius 3 is 2.53 bits per heavy atom. The highest BCUT2D eigenvalue weighted by molar-refractivity contribution is 5.92. The zero-order valence-electron chi connectivity index (χ0n) is 17.7. The molecule has 0 aliphatic heterocycles. The summed E-state index contributed by atoms with van der Waals surface area (Å²) in [5, 5.41) is 15.2. The van der Waals surface area contributed by atoms with E-state index in [1.54, 1.807) is 12.1 Å². The SMILES string of the molecule is CC[C@@H](CO)NC(=O)NCC1CC(c2c(-c3ccc(F)cc3)[nH]c3c(F)cc(F)cc23)C1. The van der Waals surface area contributed by atoms with Crippen LogP contribution >= 0.6 is 0 Å². The number of H-pyrrole nitrogens is 1. The molecule has 5 nitrogen and oxygen atoms in total. The predicted octanol–water partition coefficient (Wildman–Crippen LogP) is 4.82. The number of carbonyl (C=O) groups is 1. The Hall–Kier alpha value is -3.00. The minimum atomic E-state index is -0.668. The molecule has 0 radical (unpaired) electrons. The third-order valence-corrected chi connectivity index (χ3v) is 6.24. The van der Waals surface area contributed by atoms with Crippen LogP contribution in [0.4, 0.5) is 18.0 Å². The van der Waals surface area contributed by atoms with Gasteiger partial charge in [0, 0.05) is 18.0 Å². The highest BCUT2D eigenvalue weighted by Gasteiger charge is 2.34. The van der Waals surface area contributed by atoms with Gasteiger partial charge in [-0.15, -0.1) is 0 Å². The van der Waals surface area contributed by atoms with Gasteiger partial charge in [0.1, 0.15) is 17.5 Å². The molecule has 0 saturated heterocycles. The van der Waals surface area contributed by atoms with Crippen molar-refractivity contribution >= 4 is 16.9 Å². The van der Waals surface area contributed by atoms with Crippen molar-refractivity contribution in [1.29, 1.82) is 0 Å². The number of aromatic nitrogens is 1. The largest absolute Gasteiger partial charge is 0.394 e. The Morgan fingerprint density at radius 2 is 1.88 bits per heavy atom. The van der Waals surface area contributed by atoms with Gasteiger partial charge in [-0.05, 0) is 72.6 Å². The van der Waals surface area contributed by atoms with E-state index in [-0.39, 0.29) is 41.8 Å². The summed E-state index contributed by atoms with van der Waals surface area (Å²) in [6.07, 6.45) is 2.13. The van der Waals surface area contributed by atoms with Gasteiger partial charge in [0.25, 0.3) is 0 Å². The van der Waals surface area contributed by atoms with E-state index in [1.807, 2.05) is 6.92 Å². The van der Waals surface area contributed by atoms with Crippen molar-refractivity contribution < 1.29 is 23.1 Å². The molecule has 1 saturated carbocycles. The Kier molecular flexibility index (Phi) is 6.41. The first-order chi connectivity index (χ1) is 15.4. The normalized spacial score (nSPS) is 18.9. The number of amides is 2. The molecule has 1 fully saturated rings. The van der Waals surface area contributed by atoms with Crippen LogP contribution in [0.1, 0.15) is 37.7 Å². The van der Waals surface area contributed by atoms with Crippen molar-refractivity contribution in [2.24, 2.45) is 5.92 Å². The van der Waals surface area contributed by atoms with Crippen LogP contribution in [0.5, 0.6) is 0 Å². The third-order valence-electron chi connectivity index (χ3n) is 6.24. The molecule has 0 unspecified atom stereocenters. The van der Waals surface area contributed by atoms with E-state index >= 15 is 0 Å². The second-order valence-corrected chi connectivity index (χ2v) is 8.41. The molecule has 4 rings (SSSR count). The second kappa shape index (κ2) is 9.24.